The summed E-state index contributed by atoms with van der Waals surface area (Å²) >= 11 is 0. The van der Waals surface area contributed by atoms with Crippen molar-refractivity contribution in [3.05, 3.63) is 23.8 Å². The van der Waals surface area contributed by atoms with Gasteiger partial charge in [-0.05, 0) is 24.9 Å². The standard InChI is InChI=1S/C10H11NO2/c1-3-10(13)8-6-7(12)4-5-9(8)11-2/h4-6,12H,2-3H2,1H3. The van der Waals surface area contributed by atoms with Crippen LogP contribution in [0.1, 0.15) is 23.7 Å². The number of hydrogen-bond acceptors (Lipinski definition) is 3. The van der Waals surface area contributed by atoms with Gasteiger partial charge in [-0.3, -0.25) is 9.79 Å². The van der Waals surface area contributed by atoms with E-state index >= 15 is 0 Å². The summed E-state index contributed by atoms with van der Waals surface area (Å²) in [6, 6.07) is 4.47. The first-order valence-corrected chi connectivity index (χ1v) is 4.02. The van der Waals surface area contributed by atoms with Gasteiger partial charge in [0.15, 0.2) is 5.78 Å². The predicted molar refractivity (Wildman–Crippen MR) is 51.9 cm³/mol. The van der Waals surface area contributed by atoms with Crippen LogP contribution in [0.25, 0.3) is 0 Å². The van der Waals surface area contributed by atoms with Crippen molar-refractivity contribution in [3.8, 4) is 5.75 Å². The Morgan fingerprint density at radius 1 is 1.62 bits per heavy atom. The van der Waals surface area contributed by atoms with E-state index in [9.17, 15) is 4.79 Å². The largest absolute Gasteiger partial charge is 0.508 e. The van der Waals surface area contributed by atoms with Crippen LogP contribution in [0.4, 0.5) is 5.69 Å². The molecule has 3 nitrogen and oxygen atoms in total. The number of benzene rings is 1. The molecule has 0 amide bonds. The van der Waals surface area contributed by atoms with Crippen LogP contribution < -0.4 is 0 Å². The minimum Gasteiger partial charge on any atom is -0.508 e. The van der Waals surface area contributed by atoms with E-state index in [-0.39, 0.29) is 11.5 Å². The highest BCUT2D eigenvalue weighted by Gasteiger charge is 2.08. The van der Waals surface area contributed by atoms with Gasteiger partial charge in [0.1, 0.15) is 5.75 Å². The van der Waals surface area contributed by atoms with Gasteiger partial charge in [-0.1, -0.05) is 6.92 Å². The van der Waals surface area contributed by atoms with Crippen LogP contribution in [-0.2, 0) is 0 Å². The first-order valence-electron chi connectivity index (χ1n) is 4.02. The van der Waals surface area contributed by atoms with E-state index in [2.05, 4.69) is 11.7 Å². The molecule has 0 bridgehead atoms. The molecule has 0 aliphatic carbocycles. The number of Topliss-reactive ketones (excluding diaryl/α,β-unsaturated/α-hetero) is 1. The van der Waals surface area contributed by atoms with Gasteiger partial charge in [0.25, 0.3) is 0 Å². The Kier molecular flexibility index (Phi) is 2.80. The second kappa shape index (κ2) is 3.85. The van der Waals surface area contributed by atoms with E-state index in [1.54, 1.807) is 13.0 Å². The molecule has 1 N–H and O–H groups in total. The van der Waals surface area contributed by atoms with Crippen molar-refractivity contribution in [1.82, 2.24) is 0 Å². The zero-order valence-electron chi connectivity index (χ0n) is 7.45. The molecule has 0 aromatic heterocycles. The molecule has 68 valence electrons. The fourth-order valence-corrected chi connectivity index (χ4v) is 1.08. The summed E-state index contributed by atoms with van der Waals surface area (Å²) in [4.78, 5) is 15.0. The molecule has 0 aliphatic rings. The lowest BCUT2D eigenvalue weighted by molar-refractivity contribution is 0.0988. The molecule has 0 heterocycles. The van der Waals surface area contributed by atoms with E-state index in [1.807, 2.05) is 0 Å². The Bertz CT molecular complexity index is 345. The number of carbonyl (C=O) groups is 1. The SMILES string of the molecule is C=Nc1ccc(O)cc1C(=O)CC. The molecule has 3 heteroatoms. The van der Waals surface area contributed by atoms with Gasteiger partial charge in [0.2, 0.25) is 0 Å². The number of nitrogens with zero attached hydrogens (tertiary/aromatic N) is 1. The van der Waals surface area contributed by atoms with E-state index in [1.165, 1.54) is 12.1 Å². The van der Waals surface area contributed by atoms with Crippen molar-refractivity contribution in [2.75, 3.05) is 0 Å². The average molecular weight is 177 g/mol. The summed E-state index contributed by atoms with van der Waals surface area (Å²) in [6.07, 6.45) is 0.395. The molecule has 0 saturated heterocycles. The maximum atomic E-state index is 11.3. The summed E-state index contributed by atoms with van der Waals surface area (Å²) in [5.41, 5.74) is 0.946. The molecule has 13 heavy (non-hydrogen) atoms. The van der Waals surface area contributed by atoms with Crippen LogP contribution in [0.5, 0.6) is 5.75 Å². The number of aliphatic imine (C=N–C) groups is 1. The summed E-state index contributed by atoms with van der Waals surface area (Å²) in [5.74, 6) is 0.0301. The number of phenols is 1. The molecule has 1 aromatic carbocycles. The van der Waals surface area contributed by atoms with Crippen LogP contribution in [0.2, 0.25) is 0 Å². The molecule has 0 aliphatic heterocycles. The molecule has 0 fully saturated rings. The third-order valence-corrected chi connectivity index (χ3v) is 1.77. The van der Waals surface area contributed by atoms with Crippen LogP contribution in [0.15, 0.2) is 23.2 Å². The van der Waals surface area contributed by atoms with E-state index < -0.39 is 0 Å². The van der Waals surface area contributed by atoms with Crippen LogP contribution in [0.3, 0.4) is 0 Å². The lowest BCUT2D eigenvalue weighted by atomic mass is 10.1. The molecule has 1 aromatic rings. The highest BCUT2D eigenvalue weighted by Crippen LogP contribution is 2.24. The van der Waals surface area contributed by atoms with E-state index in [4.69, 9.17) is 5.11 Å². The third-order valence-electron chi connectivity index (χ3n) is 1.77. The number of aromatic hydroxyl groups is 1. The lowest BCUT2D eigenvalue weighted by Crippen LogP contribution is -1.96. The third kappa shape index (κ3) is 1.93. The average Bonchev–Trinajstić information content (AvgIpc) is 2.16. The highest BCUT2D eigenvalue weighted by molar-refractivity contribution is 6.01. The minimum absolute atomic E-state index is 0.0432. The van der Waals surface area contributed by atoms with E-state index in [0.717, 1.165) is 0 Å². The molecule has 0 saturated carbocycles. The van der Waals surface area contributed by atoms with E-state index in [0.29, 0.717) is 17.7 Å². The second-order valence-corrected chi connectivity index (χ2v) is 2.64. The fourth-order valence-electron chi connectivity index (χ4n) is 1.08. The molecule has 0 spiro atoms. The van der Waals surface area contributed by atoms with Crippen molar-refractivity contribution >= 4 is 18.2 Å². The smallest absolute Gasteiger partial charge is 0.164 e. The summed E-state index contributed by atoms with van der Waals surface area (Å²) in [7, 11) is 0. The number of hydrogen-bond donors (Lipinski definition) is 1. The Labute approximate surface area is 76.7 Å². The minimum atomic E-state index is -0.0432. The van der Waals surface area contributed by atoms with Crippen LogP contribution in [-0.4, -0.2) is 17.6 Å². The molecular formula is C10H11NO2. The van der Waals surface area contributed by atoms with Crippen molar-refractivity contribution in [2.24, 2.45) is 4.99 Å². The van der Waals surface area contributed by atoms with Crippen molar-refractivity contribution < 1.29 is 9.90 Å². The monoisotopic (exact) mass is 177 g/mol. The number of carbonyl (C=O) groups excluding carboxylic acids is 1. The van der Waals surface area contributed by atoms with Gasteiger partial charge in [-0.15, -0.1) is 0 Å². The molecular weight excluding hydrogens is 166 g/mol. The maximum Gasteiger partial charge on any atom is 0.164 e. The number of rotatable bonds is 3. The van der Waals surface area contributed by atoms with Gasteiger partial charge in [0, 0.05) is 12.0 Å². The van der Waals surface area contributed by atoms with Crippen LogP contribution in [0, 0.1) is 0 Å². The van der Waals surface area contributed by atoms with Crippen LogP contribution >= 0.6 is 0 Å². The summed E-state index contributed by atoms with van der Waals surface area (Å²) in [5, 5.41) is 9.16. The predicted octanol–water partition coefficient (Wildman–Crippen LogP) is 2.32. The summed E-state index contributed by atoms with van der Waals surface area (Å²) in [6.45, 7) is 5.12. The van der Waals surface area contributed by atoms with Gasteiger partial charge >= 0.3 is 0 Å². The Balaban J connectivity index is 3.23. The molecule has 1 rings (SSSR count). The Hall–Kier alpha value is -1.64. The normalized spacial score (nSPS) is 9.62. The van der Waals surface area contributed by atoms with Gasteiger partial charge < -0.3 is 5.11 Å². The van der Waals surface area contributed by atoms with Crippen molar-refractivity contribution in [1.29, 1.82) is 0 Å². The van der Waals surface area contributed by atoms with Gasteiger partial charge in [-0.2, -0.15) is 0 Å². The summed E-state index contributed by atoms with van der Waals surface area (Å²) < 4.78 is 0. The maximum absolute atomic E-state index is 11.3. The van der Waals surface area contributed by atoms with Crippen molar-refractivity contribution in [2.45, 2.75) is 13.3 Å². The Morgan fingerprint density at radius 2 is 2.31 bits per heavy atom. The first kappa shape index (κ1) is 9.45. The topological polar surface area (TPSA) is 49.7 Å². The molecule has 0 radical (unpaired) electrons. The van der Waals surface area contributed by atoms with Gasteiger partial charge in [-0.25, -0.2) is 0 Å². The zero-order valence-corrected chi connectivity index (χ0v) is 7.45. The second-order valence-electron chi connectivity index (χ2n) is 2.64. The van der Waals surface area contributed by atoms with Crippen molar-refractivity contribution in [3.63, 3.8) is 0 Å². The highest BCUT2D eigenvalue weighted by atomic mass is 16.3. The number of ketones is 1. The zero-order chi connectivity index (χ0) is 9.84. The Morgan fingerprint density at radius 3 is 2.85 bits per heavy atom. The quantitative estimate of drug-likeness (QED) is 0.569. The molecule has 0 atom stereocenters. The number of phenolic OH excluding ortho intramolecular Hbond substituents is 1. The first-order chi connectivity index (χ1) is 6.19. The fraction of sp³-hybridized carbons (Fsp3) is 0.200. The molecule has 0 unspecified atom stereocenters. The van der Waals surface area contributed by atoms with Gasteiger partial charge in [0.05, 0.1) is 5.69 Å². The lowest BCUT2D eigenvalue weighted by Gasteiger charge is -2.02.